The Kier molecular flexibility index (Phi) is 6.38. The van der Waals surface area contributed by atoms with Crippen LogP contribution >= 0.6 is 15.9 Å². The highest BCUT2D eigenvalue weighted by atomic mass is 79.9. The fraction of sp³-hybridized carbons (Fsp3) is 0.304. The highest BCUT2D eigenvalue weighted by Gasteiger charge is 2.23. The van der Waals surface area contributed by atoms with Gasteiger partial charge in [0.05, 0.1) is 18.4 Å². The molecule has 0 bridgehead atoms. The molecule has 1 aliphatic rings. The van der Waals surface area contributed by atoms with E-state index in [1.165, 1.54) is 5.69 Å². The highest BCUT2D eigenvalue weighted by Crippen LogP contribution is 2.26. The molecule has 1 unspecified atom stereocenters. The van der Waals surface area contributed by atoms with E-state index in [1.54, 1.807) is 4.90 Å². The van der Waals surface area contributed by atoms with E-state index in [2.05, 4.69) is 49.4 Å². The third-order valence-corrected chi connectivity index (χ3v) is 5.92. The number of urea groups is 1. The first-order chi connectivity index (χ1) is 14.6. The van der Waals surface area contributed by atoms with E-state index in [-0.39, 0.29) is 6.03 Å². The van der Waals surface area contributed by atoms with Crippen molar-refractivity contribution in [1.29, 1.82) is 0 Å². The lowest BCUT2D eigenvalue weighted by Gasteiger charge is -2.21. The molecule has 2 heterocycles. The van der Waals surface area contributed by atoms with Gasteiger partial charge in [0.15, 0.2) is 0 Å². The van der Waals surface area contributed by atoms with Gasteiger partial charge in [0.25, 0.3) is 0 Å². The molecule has 7 heteroatoms. The fourth-order valence-electron chi connectivity index (χ4n) is 3.78. The lowest BCUT2D eigenvalue weighted by Crippen LogP contribution is -2.39. The molecule has 1 aromatic heterocycles. The Morgan fingerprint density at radius 1 is 1.20 bits per heavy atom. The predicted molar refractivity (Wildman–Crippen MR) is 123 cm³/mol. The summed E-state index contributed by atoms with van der Waals surface area (Å²) in [7, 11) is 1.82. The number of amides is 2. The van der Waals surface area contributed by atoms with Crippen molar-refractivity contribution in [2.45, 2.75) is 13.0 Å². The Balaban J connectivity index is 1.25. The number of anilines is 1. The number of rotatable bonds is 6. The smallest absolute Gasteiger partial charge is 0.317 e. The summed E-state index contributed by atoms with van der Waals surface area (Å²) in [4.78, 5) is 16.6. The molecule has 2 aromatic carbocycles. The number of hydrogen-bond acceptors (Lipinski definition) is 3. The molecule has 0 radical (unpaired) electrons. The molecule has 30 heavy (non-hydrogen) atoms. The van der Waals surface area contributed by atoms with Crippen molar-refractivity contribution in [3.05, 3.63) is 77.0 Å². The Morgan fingerprint density at radius 2 is 2.00 bits per heavy atom. The highest BCUT2D eigenvalue weighted by molar-refractivity contribution is 9.10. The Bertz CT molecular complexity index is 990. The van der Waals surface area contributed by atoms with Gasteiger partial charge >= 0.3 is 6.03 Å². The lowest BCUT2D eigenvalue weighted by atomic mass is 10.1. The maximum Gasteiger partial charge on any atom is 0.317 e. The standard InChI is InChI=1S/C23H26BrN5O/c1-27(15-19-14-26-29(17-19)21-7-3-2-4-8-21)23(30)25-13-18-10-11-28(16-18)22-9-5-6-20(24)12-22/h2-9,12,14,17-18H,10-11,13,15-16H2,1H3,(H,25,30). The maximum atomic E-state index is 12.5. The van der Waals surface area contributed by atoms with Crippen molar-refractivity contribution in [1.82, 2.24) is 20.0 Å². The van der Waals surface area contributed by atoms with Crippen molar-refractivity contribution >= 4 is 27.6 Å². The maximum absolute atomic E-state index is 12.5. The Labute approximate surface area is 185 Å². The van der Waals surface area contributed by atoms with Gasteiger partial charge in [0.2, 0.25) is 0 Å². The van der Waals surface area contributed by atoms with Crippen molar-refractivity contribution < 1.29 is 4.79 Å². The SMILES string of the molecule is CN(Cc1cnn(-c2ccccc2)c1)C(=O)NCC1CCN(c2cccc(Br)c2)C1. The lowest BCUT2D eigenvalue weighted by molar-refractivity contribution is 0.205. The quantitative estimate of drug-likeness (QED) is 0.587. The van der Waals surface area contributed by atoms with Crippen LogP contribution in [0.2, 0.25) is 0 Å². The molecule has 0 aliphatic carbocycles. The third kappa shape index (κ3) is 5.02. The van der Waals surface area contributed by atoms with Crippen LogP contribution < -0.4 is 10.2 Å². The first-order valence-electron chi connectivity index (χ1n) is 10.2. The molecule has 2 amide bonds. The van der Waals surface area contributed by atoms with E-state index >= 15 is 0 Å². The molecule has 1 N–H and O–H groups in total. The van der Waals surface area contributed by atoms with E-state index in [1.807, 2.05) is 60.5 Å². The van der Waals surface area contributed by atoms with Crippen LogP contribution in [0.5, 0.6) is 0 Å². The molecule has 4 rings (SSSR count). The van der Waals surface area contributed by atoms with E-state index < -0.39 is 0 Å². The zero-order valence-electron chi connectivity index (χ0n) is 17.0. The molecule has 0 spiro atoms. The van der Waals surface area contributed by atoms with Crippen LogP contribution in [-0.4, -0.2) is 47.4 Å². The first-order valence-corrected chi connectivity index (χ1v) is 11.0. The second kappa shape index (κ2) is 9.34. The zero-order chi connectivity index (χ0) is 20.9. The van der Waals surface area contributed by atoms with Gasteiger partial charge in [-0.3, -0.25) is 0 Å². The number of hydrogen-bond donors (Lipinski definition) is 1. The first kappa shape index (κ1) is 20.5. The van der Waals surface area contributed by atoms with Crippen molar-refractivity contribution in [2.75, 3.05) is 31.6 Å². The average Bonchev–Trinajstić information content (AvgIpc) is 3.42. The summed E-state index contributed by atoms with van der Waals surface area (Å²) >= 11 is 3.54. The molecule has 156 valence electrons. The number of para-hydroxylation sites is 1. The third-order valence-electron chi connectivity index (χ3n) is 5.42. The molecule has 1 atom stereocenters. The Hall–Kier alpha value is -2.80. The van der Waals surface area contributed by atoms with Gasteiger partial charge in [-0.15, -0.1) is 0 Å². The second-order valence-electron chi connectivity index (χ2n) is 7.75. The van der Waals surface area contributed by atoms with Crippen LogP contribution in [0.25, 0.3) is 5.69 Å². The average molecular weight is 468 g/mol. The molecule has 1 fully saturated rings. The monoisotopic (exact) mass is 467 g/mol. The summed E-state index contributed by atoms with van der Waals surface area (Å²) in [5.41, 5.74) is 3.23. The predicted octanol–water partition coefficient (Wildman–Crippen LogP) is 4.30. The minimum Gasteiger partial charge on any atom is -0.371 e. The number of aromatic nitrogens is 2. The minimum atomic E-state index is -0.0524. The van der Waals surface area contributed by atoms with E-state index in [0.29, 0.717) is 19.0 Å². The van der Waals surface area contributed by atoms with E-state index in [4.69, 9.17) is 0 Å². The van der Waals surface area contributed by atoms with Crippen molar-refractivity contribution in [3.8, 4) is 5.69 Å². The van der Waals surface area contributed by atoms with Gasteiger partial charge in [-0.05, 0) is 42.7 Å². The summed E-state index contributed by atoms with van der Waals surface area (Å²) in [5, 5.41) is 7.49. The van der Waals surface area contributed by atoms with Gasteiger partial charge in [0.1, 0.15) is 0 Å². The second-order valence-corrected chi connectivity index (χ2v) is 8.67. The van der Waals surface area contributed by atoms with Crippen LogP contribution in [-0.2, 0) is 6.54 Å². The number of nitrogens with one attached hydrogen (secondary N) is 1. The molecule has 1 saturated heterocycles. The number of nitrogens with zero attached hydrogens (tertiary/aromatic N) is 4. The zero-order valence-corrected chi connectivity index (χ0v) is 18.6. The number of carbonyl (C=O) groups is 1. The minimum absolute atomic E-state index is 0.0524. The molecule has 6 nitrogen and oxygen atoms in total. The Morgan fingerprint density at radius 3 is 2.80 bits per heavy atom. The number of benzene rings is 2. The van der Waals surface area contributed by atoms with Crippen LogP contribution in [0, 0.1) is 5.92 Å². The molecule has 1 aliphatic heterocycles. The summed E-state index contributed by atoms with van der Waals surface area (Å²) in [6.07, 6.45) is 4.86. The van der Waals surface area contributed by atoms with Crippen LogP contribution in [0.1, 0.15) is 12.0 Å². The molecule has 3 aromatic rings. The molecular weight excluding hydrogens is 442 g/mol. The largest absolute Gasteiger partial charge is 0.371 e. The van der Waals surface area contributed by atoms with Crippen LogP contribution in [0.3, 0.4) is 0 Å². The normalized spacial score (nSPS) is 15.9. The van der Waals surface area contributed by atoms with Crippen molar-refractivity contribution in [3.63, 3.8) is 0 Å². The summed E-state index contributed by atoms with van der Waals surface area (Å²) in [5.74, 6) is 0.460. The molecule has 0 saturated carbocycles. The van der Waals surface area contributed by atoms with E-state index in [9.17, 15) is 4.79 Å². The van der Waals surface area contributed by atoms with Gasteiger partial charge in [-0.2, -0.15) is 5.10 Å². The van der Waals surface area contributed by atoms with Gasteiger partial charge < -0.3 is 15.1 Å². The van der Waals surface area contributed by atoms with Gasteiger partial charge in [-0.25, -0.2) is 9.48 Å². The summed E-state index contributed by atoms with van der Waals surface area (Å²) in [6, 6.07) is 18.3. The molecular formula is C23H26BrN5O. The van der Waals surface area contributed by atoms with Crippen LogP contribution in [0.15, 0.2) is 71.5 Å². The van der Waals surface area contributed by atoms with E-state index in [0.717, 1.165) is 35.2 Å². The topological polar surface area (TPSA) is 53.4 Å². The van der Waals surface area contributed by atoms with Crippen LogP contribution in [0.4, 0.5) is 10.5 Å². The summed E-state index contributed by atoms with van der Waals surface area (Å²) < 4.78 is 2.92. The summed E-state index contributed by atoms with van der Waals surface area (Å²) in [6.45, 7) is 3.19. The number of halogens is 1. The van der Waals surface area contributed by atoms with Gasteiger partial charge in [-0.1, -0.05) is 40.2 Å². The number of carbonyl (C=O) groups excluding carboxylic acids is 1. The fourth-order valence-corrected chi connectivity index (χ4v) is 4.17. The van der Waals surface area contributed by atoms with Gasteiger partial charge in [0, 0.05) is 48.6 Å². The van der Waals surface area contributed by atoms with Crippen molar-refractivity contribution in [2.24, 2.45) is 5.92 Å².